The zero-order valence-corrected chi connectivity index (χ0v) is 19.5. The summed E-state index contributed by atoms with van der Waals surface area (Å²) in [5.41, 5.74) is 2.41. The molecule has 0 aliphatic carbocycles. The van der Waals surface area contributed by atoms with Crippen molar-refractivity contribution in [1.82, 2.24) is 20.2 Å². The highest BCUT2D eigenvalue weighted by atomic mass is 35.5. The number of esters is 1. The minimum atomic E-state index is -0.504. The molecule has 3 aromatic rings. The van der Waals surface area contributed by atoms with Crippen LogP contribution in [0.1, 0.15) is 12.5 Å². The second-order valence-corrected chi connectivity index (χ2v) is 8.56. The van der Waals surface area contributed by atoms with Crippen molar-refractivity contribution >= 4 is 46.3 Å². The molecule has 10 heteroatoms. The zero-order valence-electron chi connectivity index (χ0n) is 18.0. The average molecular weight is 485 g/mol. The van der Waals surface area contributed by atoms with Crippen LogP contribution in [-0.4, -0.2) is 40.5 Å². The predicted molar refractivity (Wildman–Crippen MR) is 128 cm³/mol. The molecule has 2 heterocycles. The molecule has 0 saturated heterocycles. The lowest BCUT2D eigenvalue weighted by molar-refractivity contribution is -0.138. The molecule has 1 aromatic heterocycles. The van der Waals surface area contributed by atoms with E-state index in [1.54, 1.807) is 43.3 Å². The van der Waals surface area contributed by atoms with Crippen molar-refractivity contribution in [3.05, 3.63) is 74.7 Å². The third-order valence-electron chi connectivity index (χ3n) is 5.15. The van der Waals surface area contributed by atoms with Crippen molar-refractivity contribution in [1.29, 1.82) is 0 Å². The van der Waals surface area contributed by atoms with E-state index in [-0.39, 0.29) is 24.5 Å². The minimum absolute atomic E-state index is 0.0614. The molecule has 2 N–H and O–H groups in total. The number of para-hydroxylation sites is 1. The van der Waals surface area contributed by atoms with Crippen molar-refractivity contribution < 1.29 is 14.3 Å². The van der Waals surface area contributed by atoms with E-state index in [2.05, 4.69) is 10.6 Å². The van der Waals surface area contributed by atoms with Gasteiger partial charge in [0.1, 0.15) is 0 Å². The molecule has 0 saturated carbocycles. The third kappa shape index (κ3) is 4.60. The fourth-order valence-electron chi connectivity index (χ4n) is 3.47. The number of ether oxygens (including phenoxy) is 1. The maximum absolute atomic E-state index is 13.5. The first-order chi connectivity index (χ1) is 15.9. The van der Waals surface area contributed by atoms with Gasteiger partial charge in [0.05, 0.1) is 35.3 Å². The molecule has 170 valence electrons. The van der Waals surface area contributed by atoms with Crippen LogP contribution in [0.4, 0.5) is 4.79 Å². The van der Waals surface area contributed by atoms with E-state index in [4.69, 9.17) is 21.3 Å². The second-order valence-electron chi connectivity index (χ2n) is 7.21. The second kappa shape index (κ2) is 9.68. The number of thioether (sulfide) groups is 1. The van der Waals surface area contributed by atoms with Crippen LogP contribution >= 0.6 is 23.4 Å². The molecular formula is C23H21ClN4O4S. The molecule has 2 aromatic carbocycles. The van der Waals surface area contributed by atoms with Crippen LogP contribution in [0.25, 0.3) is 16.6 Å². The van der Waals surface area contributed by atoms with Crippen molar-refractivity contribution in [3.8, 4) is 5.69 Å². The number of urea groups is 1. The van der Waals surface area contributed by atoms with Gasteiger partial charge in [-0.05, 0) is 43.7 Å². The van der Waals surface area contributed by atoms with Crippen LogP contribution in [0, 0.1) is 6.92 Å². The Kier molecular flexibility index (Phi) is 6.71. The predicted octanol–water partition coefficient (Wildman–Crippen LogP) is 3.57. The van der Waals surface area contributed by atoms with Crippen molar-refractivity contribution in [2.24, 2.45) is 0 Å². The van der Waals surface area contributed by atoms with Crippen molar-refractivity contribution in [2.75, 3.05) is 18.9 Å². The number of aromatic nitrogens is 2. The Balaban J connectivity index is 1.82. The molecule has 1 aliphatic rings. The fraction of sp³-hybridized carbons (Fsp3) is 0.217. The highest BCUT2D eigenvalue weighted by molar-refractivity contribution is 7.99. The normalized spacial score (nSPS) is 13.6. The van der Waals surface area contributed by atoms with Gasteiger partial charge in [-0.1, -0.05) is 41.6 Å². The van der Waals surface area contributed by atoms with Crippen LogP contribution < -0.4 is 16.2 Å². The smallest absolute Gasteiger partial charge is 0.337 e. The summed E-state index contributed by atoms with van der Waals surface area (Å²) < 4.78 is 6.63. The van der Waals surface area contributed by atoms with E-state index in [0.717, 1.165) is 5.56 Å². The van der Waals surface area contributed by atoms with Gasteiger partial charge in [-0.15, -0.1) is 0 Å². The summed E-state index contributed by atoms with van der Waals surface area (Å²) >= 11 is 7.56. The van der Waals surface area contributed by atoms with Gasteiger partial charge in [-0.25, -0.2) is 14.6 Å². The maximum atomic E-state index is 13.5. The Morgan fingerprint density at radius 2 is 2.00 bits per heavy atom. The Morgan fingerprint density at radius 3 is 2.79 bits per heavy atom. The molecule has 0 fully saturated rings. The van der Waals surface area contributed by atoms with Crippen LogP contribution in [0.15, 0.2) is 63.7 Å². The quantitative estimate of drug-likeness (QED) is 0.315. The standard InChI is InChI=1S/C23H21ClN4O4S/c1-3-32-21(30)15-11-25-22(31)26-18(15)12-33-23-27-17-9-5-4-7-14(17)20(29)28(23)19-10-6-8-16(24)13(19)2/h4-10H,3,11-12H2,1-2H3,(H2,25,26,31). The summed E-state index contributed by atoms with van der Waals surface area (Å²) in [6.07, 6.45) is 0. The molecule has 8 nitrogen and oxygen atoms in total. The monoisotopic (exact) mass is 484 g/mol. The van der Waals surface area contributed by atoms with E-state index in [0.29, 0.717) is 38.0 Å². The minimum Gasteiger partial charge on any atom is -0.463 e. The lowest BCUT2D eigenvalue weighted by Gasteiger charge is -2.21. The van der Waals surface area contributed by atoms with E-state index >= 15 is 0 Å². The fourth-order valence-corrected chi connectivity index (χ4v) is 4.63. The van der Waals surface area contributed by atoms with Gasteiger partial charge in [0.2, 0.25) is 0 Å². The molecule has 2 amide bonds. The zero-order chi connectivity index (χ0) is 23.5. The molecule has 1 aliphatic heterocycles. The number of fused-ring (bicyclic) bond motifs is 1. The molecule has 33 heavy (non-hydrogen) atoms. The number of carbonyl (C=O) groups is 2. The summed E-state index contributed by atoms with van der Waals surface area (Å²) in [5, 5.41) is 6.67. The Morgan fingerprint density at radius 1 is 1.21 bits per heavy atom. The number of nitrogens with zero attached hydrogens (tertiary/aromatic N) is 2. The highest BCUT2D eigenvalue weighted by Gasteiger charge is 2.25. The van der Waals surface area contributed by atoms with Gasteiger partial charge < -0.3 is 15.4 Å². The van der Waals surface area contributed by atoms with E-state index in [1.165, 1.54) is 16.3 Å². The van der Waals surface area contributed by atoms with Crippen LogP contribution in [0.2, 0.25) is 5.02 Å². The molecule has 4 rings (SSSR count). The number of rotatable bonds is 6. The number of nitrogens with one attached hydrogen (secondary N) is 2. The van der Waals surface area contributed by atoms with Gasteiger partial charge in [-0.2, -0.15) is 0 Å². The summed E-state index contributed by atoms with van der Waals surface area (Å²) in [6.45, 7) is 3.83. The maximum Gasteiger partial charge on any atom is 0.337 e. The van der Waals surface area contributed by atoms with Crippen LogP contribution in [0.3, 0.4) is 0 Å². The number of hydrogen-bond acceptors (Lipinski definition) is 6. The number of amides is 2. The molecule has 0 radical (unpaired) electrons. The van der Waals surface area contributed by atoms with Crippen LogP contribution in [-0.2, 0) is 9.53 Å². The number of benzene rings is 2. The van der Waals surface area contributed by atoms with Gasteiger partial charge in [-0.3, -0.25) is 9.36 Å². The number of hydrogen-bond donors (Lipinski definition) is 2. The van der Waals surface area contributed by atoms with Crippen molar-refractivity contribution in [2.45, 2.75) is 19.0 Å². The van der Waals surface area contributed by atoms with Gasteiger partial charge in [0.25, 0.3) is 5.56 Å². The average Bonchev–Trinajstić information content (AvgIpc) is 2.80. The topological polar surface area (TPSA) is 102 Å². The van der Waals surface area contributed by atoms with Crippen LogP contribution in [0.5, 0.6) is 0 Å². The van der Waals surface area contributed by atoms with Gasteiger partial charge in [0.15, 0.2) is 5.16 Å². The molecule has 0 bridgehead atoms. The first-order valence-corrected chi connectivity index (χ1v) is 11.6. The molecule has 0 spiro atoms. The first-order valence-electron chi connectivity index (χ1n) is 10.2. The van der Waals surface area contributed by atoms with E-state index in [9.17, 15) is 14.4 Å². The molecule has 0 unspecified atom stereocenters. The Labute approximate surface area is 199 Å². The third-order valence-corrected chi connectivity index (χ3v) is 6.52. The molecular weight excluding hydrogens is 464 g/mol. The Bertz CT molecular complexity index is 1350. The lowest BCUT2D eigenvalue weighted by Crippen LogP contribution is -2.44. The SMILES string of the molecule is CCOC(=O)C1=C(CSc2nc3ccccc3c(=O)n2-c2cccc(Cl)c2C)NC(=O)NC1. The number of carbonyl (C=O) groups excluding carboxylic acids is 2. The van der Waals surface area contributed by atoms with Gasteiger partial charge >= 0.3 is 12.0 Å². The van der Waals surface area contributed by atoms with E-state index in [1.807, 2.05) is 13.0 Å². The lowest BCUT2D eigenvalue weighted by atomic mass is 10.2. The Hall–Kier alpha value is -3.30. The summed E-state index contributed by atoms with van der Waals surface area (Å²) in [6, 6.07) is 12.0. The summed E-state index contributed by atoms with van der Waals surface area (Å²) in [7, 11) is 0. The van der Waals surface area contributed by atoms with Gasteiger partial charge in [0, 0.05) is 16.5 Å². The summed E-state index contributed by atoms with van der Waals surface area (Å²) in [5.74, 6) is -0.304. The van der Waals surface area contributed by atoms with E-state index < -0.39 is 12.0 Å². The van der Waals surface area contributed by atoms with Crippen molar-refractivity contribution in [3.63, 3.8) is 0 Å². The highest BCUT2D eigenvalue weighted by Crippen LogP contribution is 2.28. The molecule has 0 atom stereocenters. The summed E-state index contributed by atoms with van der Waals surface area (Å²) in [4.78, 5) is 42.5. The largest absolute Gasteiger partial charge is 0.463 e. The first kappa shape index (κ1) is 22.9. The number of halogens is 1.